The van der Waals surface area contributed by atoms with Crippen LogP contribution in [0.1, 0.15) is 11.7 Å². The number of hydrogen-bond donors (Lipinski definition) is 1. The maximum atomic E-state index is 13.1. The van der Waals surface area contributed by atoms with Crippen LogP contribution >= 0.6 is 0 Å². The topological polar surface area (TPSA) is 60.0 Å². The van der Waals surface area contributed by atoms with Crippen molar-refractivity contribution in [1.29, 1.82) is 0 Å². The second kappa shape index (κ2) is 6.60. The molecule has 2 aliphatic rings. The summed E-state index contributed by atoms with van der Waals surface area (Å²) in [5.74, 6) is 0.988. The highest BCUT2D eigenvalue weighted by Gasteiger charge is 2.26. The van der Waals surface area contributed by atoms with Crippen LogP contribution in [0.3, 0.4) is 0 Å². The van der Waals surface area contributed by atoms with Crippen molar-refractivity contribution < 1.29 is 23.4 Å². The summed E-state index contributed by atoms with van der Waals surface area (Å²) in [5, 5.41) is 2.86. The minimum Gasteiger partial charge on any atom is -0.454 e. The Morgan fingerprint density at radius 3 is 2.76 bits per heavy atom. The monoisotopic (exact) mass is 344 g/mol. The van der Waals surface area contributed by atoms with Gasteiger partial charge in [-0.2, -0.15) is 0 Å². The Bertz CT molecular complexity index is 781. The lowest BCUT2D eigenvalue weighted by Crippen LogP contribution is -2.44. The summed E-state index contributed by atoms with van der Waals surface area (Å²) in [6.45, 7) is 1.52. The van der Waals surface area contributed by atoms with E-state index in [1.807, 2.05) is 0 Å². The minimum absolute atomic E-state index is 0.190. The maximum Gasteiger partial charge on any atom is 0.322 e. The van der Waals surface area contributed by atoms with Gasteiger partial charge in [-0.25, -0.2) is 9.18 Å². The SMILES string of the molecule is O=C(Nc1ccc2c(c1)OCO2)N1CCOC(c2ccc(F)cc2)C1. The molecular weight excluding hydrogens is 327 g/mol. The molecule has 0 saturated carbocycles. The molecule has 1 fully saturated rings. The highest BCUT2D eigenvalue weighted by atomic mass is 19.1. The van der Waals surface area contributed by atoms with Gasteiger partial charge in [-0.05, 0) is 29.8 Å². The van der Waals surface area contributed by atoms with Gasteiger partial charge >= 0.3 is 6.03 Å². The number of fused-ring (bicyclic) bond motifs is 1. The van der Waals surface area contributed by atoms with Crippen molar-refractivity contribution in [2.24, 2.45) is 0 Å². The molecule has 0 aromatic heterocycles. The Labute approximate surface area is 144 Å². The Hall–Kier alpha value is -2.80. The zero-order valence-corrected chi connectivity index (χ0v) is 13.4. The molecule has 130 valence electrons. The number of halogens is 1. The normalized spacial score (nSPS) is 18.9. The number of rotatable bonds is 2. The fourth-order valence-corrected chi connectivity index (χ4v) is 2.89. The fraction of sp³-hybridized carbons (Fsp3) is 0.278. The van der Waals surface area contributed by atoms with Crippen molar-refractivity contribution in [3.63, 3.8) is 0 Å². The molecular formula is C18H17FN2O4. The quantitative estimate of drug-likeness (QED) is 0.909. The van der Waals surface area contributed by atoms with Gasteiger partial charge in [0.1, 0.15) is 11.9 Å². The average molecular weight is 344 g/mol. The number of benzene rings is 2. The molecule has 6 nitrogen and oxygen atoms in total. The summed E-state index contributed by atoms with van der Waals surface area (Å²) in [6, 6.07) is 11.2. The molecule has 2 amide bonds. The van der Waals surface area contributed by atoms with Crippen molar-refractivity contribution in [2.45, 2.75) is 6.10 Å². The van der Waals surface area contributed by atoms with Crippen LogP contribution in [0, 0.1) is 5.82 Å². The van der Waals surface area contributed by atoms with Gasteiger partial charge in [-0.3, -0.25) is 0 Å². The second-order valence-electron chi connectivity index (χ2n) is 5.86. The van der Waals surface area contributed by atoms with Crippen LogP contribution in [0.2, 0.25) is 0 Å². The van der Waals surface area contributed by atoms with Crippen LogP contribution in [0.4, 0.5) is 14.9 Å². The third kappa shape index (κ3) is 3.36. The number of anilines is 1. The third-order valence-corrected chi connectivity index (χ3v) is 4.22. The summed E-state index contributed by atoms with van der Waals surface area (Å²) in [4.78, 5) is 14.2. The summed E-state index contributed by atoms with van der Waals surface area (Å²) in [6.07, 6.45) is -0.267. The van der Waals surface area contributed by atoms with Crippen LogP contribution in [-0.2, 0) is 4.74 Å². The molecule has 25 heavy (non-hydrogen) atoms. The molecule has 0 bridgehead atoms. The molecule has 0 spiro atoms. The second-order valence-corrected chi connectivity index (χ2v) is 5.86. The van der Waals surface area contributed by atoms with E-state index in [-0.39, 0.29) is 24.7 Å². The molecule has 1 N–H and O–H groups in total. The number of nitrogens with one attached hydrogen (secondary N) is 1. The van der Waals surface area contributed by atoms with Gasteiger partial charge in [0.15, 0.2) is 11.5 Å². The van der Waals surface area contributed by atoms with Gasteiger partial charge in [0, 0.05) is 18.3 Å². The first-order valence-corrected chi connectivity index (χ1v) is 8.02. The number of carbonyl (C=O) groups is 1. The van der Waals surface area contributed by atoms with E-state index in [1.165, 1.54) is 12.1 Å². The van der Waals surface area contributed by atoms with Crippen molar-refractivity contribution in [3.05, 3.63) is 53.8 Å². The molecule has 2 heterocycles. The number of nitrogens with zero attached hydrogens (tertiary/aromatic N) is 1. The predicted octanol–water partition coefficient (Wildman–Crippen LogP) is 3.16. The smallest absolute Gasteiger partial charge is 0.322 e. The van der Waals surface area contributed by atoms with Crippen LogP contribution in [0.25, 0.3) is 0 Å². The van der Waals surface area contributed by atoms with Gasteiger partial charge in [-0.15, -0.1) is 0 Å². The summed E-state index contributed by atoms with van der Waals surface area (Å²) in [7, 11) is 0. The van der Waals surface area contributed by atoms with Gasteiger partial charge in [0.05, 0.1) is 13.2 Å². The first kappa shape index (κ1) is 15.7. The van der Waals surface area contributed by atoms with E-state index in [9.17, 15) is 9.18 Å². The Balaban J connectivity index is 1.42. The molecule has 1 saturated heterocycles. The van der Waals surface area contributed by atoms with E-state index >= 15 is 0 Å². The number of hydrogen-bond acceptors (Lipinski definition) is 4. The van der Waals surface area contributed by atoms with Crippen molar-refractivity contribution >= 4 is 11.7 Å². The van der Waals surface area contributed by atoms with Gasteiger partial charge in [-0.1, -0.05) is 12.1 Å². The van der Waals surface area contributed by atoms with Crippen molar-refractivity contribution in [1.82, 2.24) is 4.90 Å². The van der Waals surface area contributed by atoms with Crippen LogP contribution in [-0.4, -0.2) is 37.4 Å². The fourth-order valence-electron chi connectivity index (χ4n) is 2.89. The van der Waals surface area contributed by atoms with E-state index in [0.29, 0.717) is 36.9 Å². The third-order valence-electron chi connectivity index (χ3n) is 4.22. The predicted molar refractivity (Wildman–Crippen MR) is 88.2 cm³/mol. The maximum absolute atomic E-state index is 13.1. The lowest BCUT2D eigenvalue weighted by atomic mass is 10.1. The highest BCUT2D eigenvalue weighted by Crippen LogP contribution is 2.34. The minimum atomic E-state index is -0.294. The molecule has 1 unspecified atom stereocenters. The molecule has 2 aromatic rings. The van der Waals surface area contributed by atoms with Crippen molar-refractivity contribution in [3.8, 4) is 11.5 Å². The Morgan fingerprint density at radius 2 is 1.92 bits per heavy atom. The zero-order valence-electron chi connectivity index (χ0n) is 13.4. The molecule has 1 atom stereocenters. The van der Waals surface area contributed by atoms with Crippen LogP contribution in [0.15, 0.2) is 42.5 Å². The van der Waals surface area contributed by atoms with Gasteiger partial charge < -0.3 is 24.4 Å². The van der Waals surface area contributed by atoms with E-state index in [2.05, 4.69) is 5.32 Å². The number of ether oxygens (including phenoxy) is 3. The molecule has 2 aromatic carbocycles. The van der Waals surface area contributed by atoms with E-state index in [4.69, 9.17) is 14.2 Å². The number of urea groups is 1. The lowest BCUT2D eigenvalue weighted by molar-refractivity contribution is -0.0135. The first-order valence-electron chi connectivity index (χ1n) is 8.02. The number of carbonyl (C=O) groups excluding carboxylic acids is 1. The van der Waals surface area contributed by atoms with E-state index < -0.39 is 0 Å². The molecule has 7 heteroatoms. The molecule has 0 radical (unpaired) electrons. The summed E-state index contributed by atoms with van der Waals surface area (Å²) in [5.41, 5.74) is 1.49. The Morgan fingerprint density at radius 1 is 1.12 bits per heavy atom. The van der Waals surface area contributed by atoms with Crippen LogP contribution in [0.5, 0.6) is 11.5 Å². The number of morpholine rings is 1. The molecule has 4 rings (SSSR count). The summed E-state index contributed by atoms with van der Waals surface area (Å²) >= 11 is 0. The van der Waals surface area contributed by atoms with Crippen LogP contribution < -0.4 is 14.8 Å². The number of amides is 2. The molecule has 2 aliphatic heterocycles. The average Bonchev–Trinajstić information content (AvgIpc) is 3.10. The Kier molecular flexibility index (Phi) is 4.15. The van der Waals surface area contributed by atoms with E-state index in [1.54, 1.807) is 35.2 Å². The van der Waals surface area contributed by atoms with Gasteiger partial charge in [0.2, 0.25) is 6.79 Å². The summed E-state index contributed by atoms with van der Waals surface area (Å²) < 4.78 is 29.3. The van der Waals surface area contributed by atoms with E-state index in [0.717, 1.165) is 5.56 Å². The lowest BCUT2D eigenvalue weighted by Gasteiger charge is -2.33. The zero-order chi connectivity index (χ0) is 17.2. The van der Waals surface area contributed by atoms with Gasteiger partial charge in [0.25, 0.3) is 0 Å². The van der Waals surface area contributed by atoms with Crippen molar-refractivity contribution in [2.75, 3.05) is 31.8 Å². The highest BCUT2D eigenvalue weighted by molar-refractivity contribution is 5.89. The standard InChI is InChI=1S/C18H17FN2O4/c19-13-3-1-12(2-4-13)17-10-21(7-8-23-17)18(22)20-14-5-6-15-16(9-14)25-11-24-15/h1-6,9,17H,7-8,10-11H2,(H,20,22). The largest absolute Gasteiger partial charge is 0.454 e. The molecule has 0 aliphatic carbocycles. The first-order chi connectivity index (χ1) is 12.2.